The number of benzene rings is 1. The van der Waals surface area contributed by atoms with Gasteiger partial charge in [-0.25, -0.2) is 4.39 Å². The fraction of sp³-hybridized carbons (Fsp3) is 0.167. The number of nitrogens with zero attached hydrogens (tertiary/aromatic N) is 1. The van der Waals surface area contributed by atoms with Gasteiger partial charge in [0.25, 0.3) is 0 Å². The van der Waals surface area contributed by atoms with E-state index in [1.165, 1.54) is 6.07 Å². The van der Waals surface area contributed by atoms with E-state index in [-0.39, 0.29) is 5.82 Å². The molecule has 2 heteroatoms. The predicted molar refractivity (Wildman–Crippen MR) is 55.5 cm³/mol. The minimum Gasteiger partial charge on any atom is -0.348 e. The second-order valence-corrected chi connectivity index (χ2v) is 3.40. The molecule has 0 atom stereocenters. The molecule has 1 aromatic carbocycles. The number of rotatable bonds is 1. The molecular weight excluding hydrogens is 177 g/mol. The zero-order valence-corrected chi connectivity index (χ0v) is 8.29. The zero-order chi connectivity index (χ0) is 10.1. The SMILES string of the molecule is Cc1ccc(-c2ccccc2F)n1C. The van der Waals surface area contributed by atoms with Gasteiger partial charge in [-0.2, -0.15) is 0 Å². The molecule has 1 nitrogen and oxygen atoms in total. The van der Waals surface area contributed by atoms with Crippen molar-refractivity contribution in [2.75, 3.05) is 0 Å². The Balaban J connectivity index is 2.60. The molecule has 0 bridgehead atoms. The van der Waals surface area contributed by atoms with Crippen molar-refractivity contribution < 1.29 is 4.39 Å². The summed E-state index contributed by atoms with van der Waals surface area (Å²) in [6.07, 6.45) is 0. The van der Waals surface area contributed by atoms with Crippen LogP contribution in [0, 0.1) is 12.7 Å². The van der Waals surface area contributed by atoms with E-state index in [9.17, 15) is 4.39 Å². The van der Waals surface area contributed by atoms with Gasteiger partial charge in [-0.15, -0.1) is 0 Å². The predicted octanol–water partition coefficient (Wildman–Crippen LogP) is 3.14. The average molecular weight is 189 g/mol. The lowest BCUT2D eigenvalue weighted by Crippen LogP contribution is -1.95. The third-order valence-corrected chi connectivity index (χ3v) is 2.52. The van der Waals surface area contributed by atoms with Crippen LogP contribution < -0.4 is 0 Å². The molecule has 2 aromatic rings. The van der Waals surface area contributed by atoms with Gasteiger partial charge in [-0.1, -0.05) is 12.1 Å². The Morgan fingerprint density at radius 2 is 1.79 bits per heavy atom. The molecule has 0 spiro atoms. The lowest BCUT2D eigenvalue weighted by molar-refractivity contribution is 0.629. The van der Waals surface area contributed by atoms with E-state index < -0.39 is 0 Å². The highest BCUT2D eigenvalue weighted by molar-refractivity contribution is 5.61. The van der Waals surface area contributed by atoms with Crippen LogP contribution in [0.4, 0.5) is 4.39 Å². The van der Waals surface area contributed by atoms with Gasteiger partial charge in [-0.3, -0.25) is 0 Å². The normalized spacial score (nSPS) is 10.5. The van der Waals surface area contributed by atoms with E-state index >= 15 is 0 Å². The van der Waals surface area contributed by atoms with E-state index in [1.54, 1.807) is 12.1 Å². The minimum absolute atomic E-state index is 0.172. The molecule has 0 aliphatic carbocycles. The monoisotopic (exact) mass is 189 g/mol. The molecule has 0 saturated heterocycles. The second-order valence-electron chi connectivity index (χ2n) is 3.40. The van der Waals surface area contributed by atoms with Crippen LogP contribution in [0.1, 0.15) is 5.69 Å². The highest BCUT2D eigenvalue weighted by atomic mass is 19.1. The molecule has 72 valence electrons. The summed E-state index contributed by atoms with van der Waals surface area (Å²) in [7, 11) is 1.94. The lowest BCUT2D eigenvalue weighted by atomic mass is 10.1. The number of hydrogen-bond acceptors (Lipinski definition) is 0. The Labute approximate surface area is 82.8 Å². The largest absolute Gasteiger partial charge is 0.348 e. The molecule has 0 aliphatic rings. The van der Waals surface area contributed by atoms with Crippen LogP contribution in [0.5, 0.6) is 0 Å². The smallest absolute Gasteiger partial charge is 0.132 e. The van der Waals surface area contributed by atoms with Gasteiger partial charge >= 0.3 is 0 Å². The molecule has 1 heterocycles. The molecular formula is C12H12FN. The third-order valence-electron chi connectivity index (χ3n) is 2.52. The first kappa shape index (κ1) is 9.00. The zero-order valence-electron chi connectivity index (χ0n) is 8.29. The van der Waals surface area contributed by atoms with Crippen molar-refractivity contribution in [1.29, 1.82) is 0 Å². The maximum absolute atomic E-state index is 13.5. The molecule has 14 heavy (non-hydrogen) atoms. The van der Waals surface area contributed by atoms with Gasteiger partial charge in [0.2, 0.25) is 0 Å². The lowest BCUT2D eigenvalue weighted by Gasteiger charge is -2.05. The summed E-state index contributed by atoms with van der Waals surface area (Å²) in [4.78, 5) is 0. The molecule has 0 radical (unpaired) electrons. The number of aryl methyl sites for hydroxylation is 1. The molecule has 0 saturated carbocycles. The minimum atomic E-state index is -0.172. The van der Waals surface area contributed by atoms with Gasteiger partial charge in [-0.05, 0) is 31.2 Å². The summed E-state index contributed by atoms with van der Waals surface area (Å²) in [6.45, 7) is 2.00. The van der Waals surface area contributed by atoms with E-state index in [0.717, 1.165) is 11.4 Å². The highest BCUT2D eigenvalue weighted by Crippen LogP contribution is 2.23. The van der Waals surface area contributed by atoms with E-state index in [2.05, 4.69) is 0 Å². The van der Waals surface area contributed by atoms with E-state index in [1.807, 2.05) is 36.7 Å². The molecule has 0 fully saturated rings. The standard InChI is InChI=1S/C12H12FN/c1-9-7-8-12(14(9)2)10-5-3-4-6-11(10)13/h3-8H,1-2H3. The number of halogens is 1. The fourth-order valence-corrected chi connectivity index (χ4v) is 1.55. The summed E-state index contributed by atoms with van der Waals surface area (Å²) >= 11 is 0. The molecule has 1 aromatic heterocycles. The first-order chi connectivity index (χ1) is 6.70. The Morgan fingerprint density at radius 1 is 1.07 bits per heavy atom. The summed E-state index contributed by atoms with van der Waals surface area (Å²) in [5.74, 6) is -0.172. The first-order valence-corrected chi connectivity index (χ1v) is 4.57. The summed E-state index contributed by atoms with van der Waals surface area (Å²) in [5.41, 5.74) is 2.70. The van der Waals surface area contributed by atoms with Crippen LogP contribution in [-0.4, -0.2) is 4.57 Å². The number of hydrogen-bond donors (Lipinski definition) is 0. The molecule has 0 N–H and O–H groups in total. The van der Waals surface area contributed by atoms with Gasteiger partial charge < -0.3 is 4.57 Å². The summed E-state index contributed by atoms with van der Waals surface area (Å²) in [5, 5.41) is 0. The summed E-state index contributed by atoms with van der Waals surface area (Å²) in [6, 6.07) is 10.8. The van der Waals surface area contributed by atoms with Crippen molar-refractivity contribution >= 4 is 0 Å². The summed E-state index contributed by atoms with van der Waals surface area (Å²) < 4.78 is 15.4. The number of aromatic nitrogens is 1. The van der Waals surface area contributed by atoms with Crippen molar-refractivity contribution in [2.45, 2.75) is 6.92 Å². The maximum Gasteiger partial charge on any atom is 0.132 e. The van der Waals surface area contributed by atoms with Crippen molar-refractivity contribution in [3.05, 3.63) is 47.9 Å². The average Bonchev–Trinajstić information content (AvgIpc) is 2.49. The maximum atomic E-state index is 13.5. The second kappa shape index (κ2) is 3.29. The van der Waals surface area contributed by atoms with Crippen molar-refractivity contribution in [3.63, 3.8) is 0 Å². The topological polar surface area (TPSA) is 4.93 Å². The van der Waals surface area contributed by atoms with Gasteiger partial charge in [0, 0.05) is 18.3 Å². The Morgan fingerprint density at radius 3 is 2.36 bits per heavy atom. The van der Waals surface area contributed by atoms with E-state index in [4.69, 9.17) is 0 Å². The van der Waals surface area contributed by atoms with Gasteiger partial charge in [0.1, 0.15) is 5.82 Å². The fourth-order valence-electron chi connectivity index (χ4n) is 1.55. The Kier molecular flexibility index (Phi) is 2.12. The Bertz CT molecular complexity index is 457. The molecule has 0 unspecified atom stereocenters. The molecule has 0 amide bonds. The van der Waals surface area contributed by atoms with Gasteiger partial charge in [0.15, 0.2) is 0 Å². The highest BCUT2D eigenvalue weighted by Gasteiger charge is 2.07. The first-order valence-electron chi connectivity index (χ1n) is 4.57. The van der Waals surface area contributed by atoms with Gasteiger partial charge in [0.05, 0.1) is 5.69 Å². The van der Waals surface area contributed by atoms with Crippen LogP contribution in [0.25, 0.3) is 11.3 Å². The van der Waals surface area contributed by atoms with Crippen LogP contribution in [-0.2, 0) is 7.05 Å². The van der Waals surface area contributed by atoms with Crippen LogP contribution >= 0.6 is 0 Å². The Hall–Kier alpha value is -1.57. The van der Waals surface area contributed by atoms with Crippen LogP contribution in [0.2, 0.25) is 0 Å². The van der Waals surface area contributed by atoms with E-state index in [0.29, 0.717) is 5.56 Å². The van der Waals surface area contributed by atoms with Crippen molar-refractivity contribution in [2.24, 2.45) is 7.05 Å². The quantitative estimate of drug-likeness (QED) is 0.649. The third kappa shape index (κ3) is 1.33. The van der Waals surface area contributed by atoms with Crippen LogP contribution in [0.15, 0.2) is 36.4 Å². The van der Waals surface area contributed by atoms with Crippen molar-refractivity contribution in [1.82, 2.24) is 4.57 Å². The molecule has 2 rings (SSSR count). The van der Waals surface area contributed by atoms with Crippen molar-refractivity contribution in [3.8, 4) is 11.3 Å². The van der Waals surface area contributed by atoms with Crippen LogP contribution in [0.3, 0.4) is 0 Å². The molecule has 0 aliphatic heterocycles.